The summed E-state index contributed by atoms with van der Waals surface area (Å²) in [6.07, 6.45) is 3.61. The fourth-order valence-electron chi connectivity index (χ4n) is 1.73. The molecule has 0 aliphatic carbocycles. The number of aromatic nitrogens is 2. The Morgan fingerprint density at radius 1 is 1.71 bits per heavy atom. The van der Waals surface area contributed by atoms with Crippen LogP contribution in [0.4, 0.5) is 5.82 Å². The van der Waals surface area contributed by atoms with Gasteiger partial charge >= 0.3 is 5.97 Å². The number of anilines is 1. The van der Waals surface area contributed by atoms with E-state index < -0.39 is 12.0 Å². The molecule has 0 bridgehead atoms. The summed E-state index contributed by atoms with van der Waals surface area (Å²) in [7, 11) is 0. The SMILES string of the molecule is CSc1nccc(N2CCN[C@@H](C(=O)O)C2)n1. The van der Waals surface area contributed by atoms with E-state index >= 15 is 0 Å². The molecule has 0 saturated carbocycles. The minimum Gasteiger partial charge on any atom is -0.480 e. The maximum Gasteiger partial charge on any atom is 0.322 e. The van der Waals surface area contributed by atoms with Gasteiger partial charge in [-0.25, -0.2) is 9.97 Å². The van der Waals surface area contributed by atoms with Crippen LogP contribution in [0.15, 0.2) is 17.4 Å². The van der Waals surface area contributed by atoms with Crippen molar-refractivity contribution in [1.29, 1.82) is 0 Å². The largest absolute Gasteiger partial charge is 0.480 e. The number of carboxylic acid groups (broad SMARTS) is 1. The molecule has 2 heterocycles. The van der Waals surface area contributed by atoms with E-state index in [2.05, 4.69) is 15.3 Å². The Bertz CT molecular complexity index is 415. The van der Waals surface area contributed by atoms with E-state index in [0.29, 0.717) is 18.2 Å². The van der Waals surface area contributed by atoms with E-state index in [1.165, 1.54) is 11.8 Å². The number of nitrogens with one attached hydrogen (secondary N) is 1. The maximum absolute atomic E-state index is 10.9. The first-order valence-corrected chi connectivity index (χ1v) is 6.51. The Morgan fingerprint density at radius 3 is 3.24 bits per heavy atom. The number of carbonyl (C=O) groups is 1. The van der Waals surface area contributed by atoms with Crippen LogP contribution in [0, 0.1) is 0 Å². The average molecular weight is 254 g/mol. The highest BCUT2D eigenvalue weighted by molar-refractivity contribution is 7.98. The summed E-state index contributed by atoms with van der Waals surface area (Å²) in [6, 6.07) is 1.28. The van der Waals surface area contributed by atoms with Crippen molar-refractivity contribution in [2.45, 2.75) is 11.2 Å². The predicted octanol–water partition coefficient (Wildman–Crippen LogP) is 0.0613. The minimum atomic E-state index is -0.825. The second-order valence-corrected chi connectivity index (χ2v) is 4.47. The van der Waals surface area contributed by atoms with Crippen LogP contribution in [-0.4, -0.2) is 53.0 Å². The van der Waals surface area contributed by atoms with Crippen LogP contribution < -0.4 is 10.2 Å². The lowest BCUT2D eigenvalue weighted by Crippen LogP contribution is -2.54. The molecule has 0 spiro atoms. The first kappa shape index (κ1) is 12.1. The fraction of sp³-hybridized carbons (Fsp3) is 0.500. The van der Waals surface area contributed by atoms with Gasteiger partial charge in [0, 0.05) is 25.8 Å². The number of thioether (sulfide) groups is 1. The topological polar surface area (TPSA) is 78.4 Å². The smallest absolute Gasteiger partial charge is 0.322 e. The molecule has 1 aromatic rings. The number of hydrogen-bond donors (Lipinski definition) is 2. The lowest BCUT2D eigenvalue weighted by molar-refractivity contribution is -0.139. The van der Waals surface area contributed by atoms with E-state index in [4.69, 9.17) is 5.11 Å². The van der Waals surface area contributed by atoms with Crippen LogP contribution in [0.25, 0.3) is 0 Å². The van der Waals surface area contributed by atoms with Gasteiger partial charge in [-0.1, -0.05) is 11.8 Å². The van der Waals surface area contributed by atoms with Crippen LogP contribution >= 0.6 is 11.8 Å². The Morgan fingerprint density at radius 2 is 2.53 bits per heavy atom. The van der Waals surface area contributed by atoms with Gasteiger partial charge in [-0.15, -0.1) is 0 Å². The van der Waals surface area contributed by atoms with Crippen molar-refractivity contribution in [2.24, 2.45) is 0 Å². The molecular weight excluding hydrogens is 240 g/mol. The lowest BCUT2D eigenvalue weighted by Gasteiger charge is -2.32. The van der Waals surface area contributed by atoms with Gasteiger partial charge < -0.3 is 15.3 Å². The van der Waals surface area contributed by atoms with Gasteiger partial charge in [0.05, 0.1) is 0 Å². The van der Waals surface area contributed by atoms with Gasteiger partial charge in [-0.3, -0.25) is 4.79 Å². The lowest BCUT2D eigenvalue weighted by atomic mass is 10.2. The molecule has 0 radical (unpaired) electrons. The van der Waals surface area contributed by atoms with Crippen LogP contribution in [0.2, 0.25) is 0 Å². The van der Waals surface area contributed by atoms with Crippen molar-refractivity contribution in [3.63, 3.8) is 0 Å². The Hall–Kier alpha value is -1.34. The molecule has 1 atom stereocenters. The highest BCUT2D eigenvalue weighted by Crippen LogP contribution is 2.16. The third-order valence-electron chi connectivity index (χ3n) is 2.60. The van der Waals surface area contributed by atoms with Gasteiger partial charge in [-0.05, 0) is 12.3 Å². The number of nitrogens with zero attached hydrogens (tertiary/aromatic N) is 3. The summed E-state index contributed by atoms with van der Waals surface area (Å²) in [4.78, 5) is 21.4. The highest BCUT2D eigenvalue weighted by Gasteiger charge is 2.25. The van der Waals surface area contributed by atoms with Crippen LogP contribution in [0.3, 0.4) is 0 Å². The quantitative estimate of drug-likeness (QED) is 0.583. The fourth-order valence-corrected chi connectivity index (χ4v) is 2.08. The van der Waals surface area contributed by atoms with Crippen molar-refractivity contribution in [2.75, 3.05) is 30.8 Å². The molecule has 0 unspecified atom stereocenters. The van der Waals surface area contributed by atoms with Crippen molar-refractivity contribution >= 4 is 23.5 Å². The number of hydrogen-bond acceptors (Lipinski definition) is 6. The van der Waals surface area contributed by atoms with Crippen molar-refractivity contribution in [1.82, 2.24) is 15.3 Å². The molecule has 1 fully saturated rings. The summed E-state index contributed by atoms with van der Waals surface area (Å²) in [5.74, 6) is -0.0362. The van der Waals surface area contributed by atoms with Crippen molar-refractivity contribution < 1.29 is 9.90 Å². The molecule has 1 aromatic heterocycles. The van der Waals surface area contributed by atoms with Crippen molar-refractivity contribution in [3.05, 3.63) is 12.3 Å². The predicted molar refractivity (Wildman–Crippen MR) is 65.5 cm³/mol. The van der Waals surface area contributed by atoms with Gasteiger partial charge in [0.2, 0.25) is 0 Å². The standard InChI is InChI=1S/C10H14N4O2S/c1-17-10-12-3-2-8(13-10)14-5-4-11-7(6-14)9(15)16/h2-3,7,11H,4-6H2,1H3,(H,15,16)/t7-/m1/s1. The van der Waals surface area contributed by atoms with E-state index in [1.807, 2.05) is 17.2 Å². The molecule has 7 heteroatoms. The van der Waals surface area contributed by atoms with Crippen molar-refractivity contribution in [3.8, 4) is 0 Å². The molecule has 0 aromatic carbocycles. The number of aliphatic carboxylic acids is 1. The maximum atomic E-state index is 10.9. The first-order chi connectivity index (χ1) is 8.20. The second-order valence-electron chi connectivity index (χ2n) is 3.69. The van der Waals surface area contributed by atoms with Gasteiger partial charge in [0.15, 0.2) is 5.16 Å². The molecule has 2 rings (SSSR count). The Balaban J connectivity index is 2.13. The summed E-state index contributed by atoms with van der Waals surface area (Å²) in [6.45, 7) is 1.84. The molecule has 1 aliphatic rings. The molecule has 0 amide bonds. The van der Waals surface area contributed by atoms with E-state index in [1.54, 1.807) is 6.20 Å². The highest BCUT2D eigenvalue weighted by atomic mass is 32.2. The molecule has 2 N–H and O–H groups in total. The van der Waals surface area contributed by atoms with Crippen LogP contribution in [-0.2, 0) is 4.79 Å². The monoisotopic (exact) mass is 254 g/mol. The minimum absolute atomic E-state index is 0.431. The first-order valence-electron chi connectivity index (χ1n) is 5.29. The molecule has 1 saturated heterocycles. The van der Waals surface area contributed by atoms with Gasteiger partial charge in [0.1, 0.15) is 11.9 Å². The zero-order valence-electron chi connectivity index (χ0n) is 9.46. The van der Waals surface area contributed by atoms with Crippen LogP contribution in [0.5, 0.6) is 0 Å². The molecule has 17 heavy (non-hydrogen) atoms. The third kappa shape index (κ3) is 2.86. The summed E-state index contributed by atoms with van der Waals surface area (Å²) in [5, 5.41) is 12.6. The Kier molecular flexibility index (Phi) is 3.80. The molecule has 92 valence electrons. The normalized spacial score (nSPS) is 20.3. The van der Waals surface area contributed by atoms with Gasteiger partial charge in [-0.2, -0.15) is 0 Å². The van der Waals surface area contributed by atoms with Crippen LogP contribution in [0.1, 0.15) is 0 Å². The molecular formula is C10H14N4O2S. The zero-order valence-corrected chi connectivity index (χ0v) is 10.3. The Labute approximate surface area is 103 Å². The number of rotatable bonds is 3. The zero-order chi connectivity index (χ0) is 12.3. The van der Waals surface area contributed by atoms with E-state index in [0.717, 1.165) is 12.4 Å². The van der Waals surface area contributed by atoms with E-state index in [-0.39, 0.29) is 0 Å². The second kappa shape index (κ2) is 5.33. The molecule has 6 nitrogen and oxygen atoms in total. The van der Waals surface area contributed by atoms with E-state index in [9.17, 15) is 4.79 Å². The third-order valence-corrected chi connectivity index (χ3v) is 3.16. The van der Waals surface area contributed by atoms with Gasteiger partial charge in [0.25, 0.3) is 0 Å². The average Bonchev–Trinajstić information content (AvgIpc) is 2.39. The summed E-state index contributed by atoms with van der Waals surface area (Å²) in [5.41, 5.74) is 0. The molecule has 1 aliphatic heterocycles. The summed E-state index contributed by atoms with van der Waals surface area (Å²) >= 11 is 1.47. The number of carboxylic acids is 1. The summed E-state index contributed by atoms with van der Waals surface area (Å²) < 4.78 is 0. The number of piperazine rings is 1.